The highest BCUT2D eigenvalue weighted by Gasteiger charge is 2.10. The number of aryl methyl sites for hydroxylation is 1. The van der Waals surface area contributed by atoms with Crippen molar-refractivity contribution >= 4 is 0 Å². The van der Waals surface area contributed by atoms with Gasteiger partial charge in [0.05, 0.1) is 6.04 Å². The second kappa shape index (κ2) is 4.86. The van der Waals surface area contributed by atoms with Gasteiger partial charge in [-0.25, -0.2) is 9.97 Å². The van der Waals surface area contributed by atoms with Crippen molar-refractivity contribution in [3.8, 4) is 0 Å². The van der Waals surface area contributed by atoms with Crippen molar-refractivity contribution in [1.29, 1.82) is 0 Å². The molecule has 0 aliphatic rings. The van der Waals surface area contributed by atoms with E-state index in [9.17, 15) is 0 Å². The predicted octanol–water partition coefficient (Wildman–Crippen LogP) is 2.03. The number of benzene rings is 1. The predicted molar refractivity (Wildman–Crippen MR) is 63.8 cm³/mol. The van der Waals surface area contributed by atoms with Crippen molar-refractivity contribution in [2.45, 2.75) is 19.4 Å². The SMILES string of the molecule is Cc1ccccc1CC(N)c1ncccn1. The van der Waals surface area contributed by atoms with Gasteiger partial charge in [0.25, 0.3) is 0 Å². The average Bonchev–Trinajstić information content (AvgIpc) is 2.33. The van der Waals surface area contributed by atoms with Gasteiger partial charge in [0.15, 0.2) is 0 Å². The van der Waals surface area contributed by atoms with Crippen LogP contribution in [0.15, 0.2) is 42.7 Å². The summed E-state index contributed by atoms with van der Waals surface area (Å²) in [6, 6.07) is 9.91. The number of hydrogen-bond donors (Lipinski definition) is 1. The zero-order valence-electron chi connectivity index (χ0n) is 9.30. The summed E-state index contributed by atoms with van der Waals surface area (Å²) < 4.78 is 0. The van der Waals surface area contributed by atoms with Gasteiger partial charge in [-0.3, -0.25) is 0 Å². The molecule has 2 aromatic rings. The first kappa shape index (κ1) is 10.8. The number of rotatable bonds is 3. The molecule has 0 aliphatic heterocycles. The maximum atomic E-state index is 6.07. The van der Waals surface area contributed by atoms with Gasteiger partial charge in [-0.2, -0.15) is 0 Å². The Labute approximate surface area is 95.4 Å². The Bertz CT molecular complexity index is 454. The monoisotopic (exact) mass is 213 g/mol. The molecule has 82 valence electrons. The van der Waals surface area contributed by atoms with Gasteiger partial charge in [-0.1, -0.05) is 24.3 Å². The summed E-state index contributed by atoms with van der Waals surface area (Å²) >= 11 is 0. The minimum Gasteiger partial charge on any atom is -0.321 e. The number of nitrogens with two attached hydrogens (primary N) is 1. The molecule has 2 rings (SSSR count). The van der Waals surface area contributed by atoms with E-state index in [1.807, 2.05) is 12.1 Å². The van der Waals surface area contributed by atoms with Crippen molar-refractivity contribution < 1.29 is 0 Å². The summed E-state index contributed by atoms with van der Waals surface area (Å²) in [6.45, 7) is 2.09. The second-order valence-corrected chi connectivity index (χ2v) is 3.84. The second-order valence-electron chi connectivity index (χ2n) is 3.84. The van der Waals surface area contributed by atoms with Crippen molar-refractivity contribution in [1.82, 2.24) is 9.97 Å². The summed E-state index contributed by atoms with van der Waals surface area (Å²) in [6.07, 6.45) is 4.22. The zero-order chi connectivity index (χ0) is 11.4. The molecule has 16 heavy (non-hydrogen) atoms. The van der Waals surface area contributed by atoms with Gasteiger partial charge < -0.3 is 5.73 Å². The van der Waals surface area contributed by atoms with Crippen LogP contribution in [0.4, 0.5) is 0 Å². The fourth-order valence-corrected chi connectivity index (χ4v) is 1.67. The Kier molecular flexibility index (Phi) is 3.27. The maximum absolute atomic E-state index is 6.07. The van der Waals surface area contributed by atoms with Crippen molar-refractivity contribution in [2.24, 2.45) is 5.73 Å². The molecule has 0 saturated heterocycles. The Morgan fingerprint density at radius 3 is 2.50 bits per heavy atom. The quantitative estimate of drug-likeness (QED) is 0.848. The van der Waals surface area contributed by atoms with Gasteiger partial charge in [0.1, 0.15) is 5.82 Å². The molecule has 0 saturated carbocycles. The maximum Gasteiger partial charge on any atom is 0.145 e. The Hall–Kier alpha value is -1.74. The molecular weight excluding hydrogens is 198 g/mol. The number of aromatic nitrogens is 2. The lowest BCUT2D eigenvalue weighted by Gasteiger charge is -2.11. The summed E-state index contributed by atoms with van der Waals surface area (Å²) in [5.74, 6) is 0.700. The molecule has 3 heteroatoms. The summed E-state index contributed by atoms with van der Waals surface area (Å²) in [4.78, 5) is 8.34. The van der Waals surface area contributed by atoms with Gasteiger partial charge in [-0.05, 0) is 30.5 Å². The molecule has 1 aromatic heterocycles. The molecule has 0 bridgehead atoms. The minimum atomic E-state index is -0.137. The van der Waals surface area contributed by atoms with Crippen LogP contribution in [0, 0.1) is 6.92 Å². The lowest BCUT2D eigenvalue weighted by Crippen LogP contribution is -2.16. The van der Waals surface area contributed by atoms with E-state index >= 15 is 0 Å². The number of hydrogen-bond acceptors (Lipinski definition) is 3. The first-order valence-electron chi connectivity index (χ1n) is 5.34. The molecule has 0 radical (unpaired) electrons. The van der Waals surface area contributed by atoms with Crippen LogP contribution in [0.2, 0.25) is 0 Å². The third-order valence-electron chi connectivity index (χ3n) is 2.62. The standard InChI is InChI=1S/C13H15N3/c1-10-5-2-3-6-11(10)9-12(14)13-15-7-4-8-16-13/h2-8,12H,9,14H2,1H3. The molecule has 1 aromatic carbocycles. The lowest BCUT2D eigenvalue weighted by atomic mass is 10.0. The van der Waals surface area contributed by atoms with E-state index in [1.54, 1.807) is 18.5 Å². The first-order chi connectivity index (χ1) is 7.77. The molecule has 0 amide bonds. The molecule has 1 unspecified atom stereocenters. The van der Waals surface area contributed by atoms with Crippen LogP contribution in [0.25, 0.3) is 0 Å². The highest BCUT2D eigenvalue weighted by atomic mass is 14.9. The third kappa shape index (κ3) is 2.44. The molecule has 3 nitrogen and oxygen atoms in total. The van der Waals surface area contributed by atoms with Crippen molar-refractivity contribution in [3.63, 3.8) is 0 Å². The van der Waals surface area contributed by atoms with Gasteiger partial charge >= 0.3 is 0 Å². The highest BCUT2D eigenvalue weighted by molar-refractivity contribution is 5.26. The Morgan fingerprint density at radius 1 is 1.12 bits per heavy atom. The van der Waals surface area contributed by atoms with Crippen LogP contribution in [0.3, 0.4) is 0 Å². The average molecular weight is 213 g/mol. The molecule has 0 aliphatic carbocycles. The van der Waals surface area contributed by atoms with E-state index in [0.29, 0.717) is 5.82 Å². The molecule has 0 fully saturated rings. The normalized spacial score (nSPS) is 12.4. The van der Waals surface area contributed by atoms with Gasteiger partial charge in [0.2, 0.25) is 0 Å². The van der Waals surface area contributed by atoms with E-state index < -0.39 is 0 Å². The molecule has 2 N–H and O–H groups in total. The van der Waals surface area contributed by atoms with E-state index in [2.05, 4.69) is 29.0 Å². The van der Waals surface area contributed by atoms with E-state index in [-0.39, 0.29) is 6.04 Å². The van der Waals surface area contributed by atoms with Crippen LogP contribution < -0.4 is 5.73 Å². The van der Waals surface area contributed by atoms with Crippen molar-refractivity contribution in [3.05, 3.63) is 59.7 Å². The smallest absolute Gasteiger partial charge is 0.145 e. The summed E-state index contributed by atoms with van der Waals surface area (Å²) in [5, 5.41) is 0. The fraction of sp³-hybridized carbons (Fsp3) is 0.231. The number of nitrogens with zero attached hydrogens (tertiary/aromatic N) is 2. The zero-order valence-corrected chi connectivity index (χ0v) is 9.30. The lowest BCUT2D eigenvalue weighted by molar-refractivity contribution is 0.664. The van der Waals surface area contributed by atoms with Gasteiger partial charge in [-0.15, -0.1) is 0 Å². The fourth-order valence-electron chi connectivity index (χ4n) is 1.67. The summed E-state index contributed by atoms with van der Waals surface area (Å²) in [7, 11) is 0. The molecular formula is C13H15N3. The van der Waals surface area contributed by atoms with Crippen LogP contribution >= 0.6 is 0 Å². The largest absolute Gasteiger partial charge is 0.321 e. The topological polar surface area (TPSA) is 51.8 Å². The van der Waals surface area contributed by atoms with Crippen LogP contribution in [-0.2, 0) is 6.42 Å². The van der Waals surface area contributed by atoms with Crippen LogP contribution in [0.1, 0.15) is 23.0 Å². The summed E-state index contributed by atoms with van der Waals surface area (Å²) in [5.41, 5.74) is 8.58. The van der Waals surface area contributed by atoms with E-state index in [4.69, 9.17) is 5.73 Å². The van der Waals surface area contributed by atoms with E-state index in [0.717, 1.165) is 6.42 Å². The Balaban J connectivity index is 2.14. The van der Waals surface area contributed by atoms with Crippen LogP contribution in [-0.4, -0.2) is 9.97 Å². The minimum absolute atomic E-state index is 0.137. The molecule has 1 atom stereocenters. The molecule has 0 spiro atoms. The highest BCUT2D eigenvalue weighted by Crippen LogP contribution is 2.15. The van der Waals surface area contributed by atoms with E-state index in [1.165, 1.54) is 11.1 Å². The van der Waals surface area contributed by atoms with Crippen LogP contribution in [0.5, 0.6) is 0 Å². The molecule has 1 heterocycles. The first-order valence-corrected chi connectivity index (χ1v) is 5.34. The van der Waals surface area contributed by atoms with Crippen molar-refractivity contribution in [2.75, 3.05) is 0 Å². The van der Waals surface area contributed by atoms with Gasteiger partial charge in [0, 0.05) is 12.4 Å². The Morgan fingerprint density at radius 2 is 1.81 bits per heavy atom. The third-order valence-corrected chi connectivity index (χ3v) is 2.62.